The van der Waals surface area contributed by atoms with Gasteiger partial charge < -0.3 is 0 Å². The number of rotatable bonds is 5. The number of allylic oxidation sites excluding steroid dienone is 4. The van der Waals surface area contributed by atoms with E-state index in [-0.39, 0.29) is 5.92 Å². The van der Waals surface area contributed by atoms with Gasteiger partial charge in [0.15, 0.2) is 0 Å². The van der Waals surface area contributed by atoms with Crippen LogP contribution in [-0.4, -0.2) is 28.7 Å². The van der Waals surface area contributed by atoms with Crippen molar-refractivity contribution in [1.82, 2.24) is 28.7 Å². The van der Waals surface area contributed by atoms with Gasteiger partial charge in [-0.15, -0.1) is 11.3 Å². The van der Waals surface area contributed by atoms with Crippen molar-refractivity contribution in [1.29, 1.82) is 0 Å². The van der Waals surface area contributed by atoms with Gasteiger partial charge in [0.25, 0.3) is 0 Å². The molecule has 13 aromatic rings. The van der Waals surface area contributed by atoms with Crippen LogP contribution >= 0.6 is 11.3 Å². The zero-order chi connectivity index (χ0) is 41.9. The number of hydrogen-bond acceptors (Lipinski definition) is 4. The van der Waals surface area contributed by atoms with Gasteiger partial charge in [0.05, 0.1) is 28.4 Å². The Morgan fingerprint density at radius 1 is 0.469 bits per heavy atom. The lowest BCUT2D eigenvalue weighted by molar-refractivity contribution is 0.849. The smallest absolute Gasteiger partial charge is 0.145 e. The number of hydrogen-bond donors (Lipinski definition) is 0. The summed E-state index contributed by atoms with van der Waals surface area (Å²) in [5.41, 5.74) is 13.0. The maximum atomic E-state index is 5.38. The summed E-state index contributed by atoms with van der Waals surface area (Å²) >= 11 is 1.88. The molecule has 1 aliphatic rings. The minimum absolute atomic E-state index is 0.181. The van der Waals surface area contributed by atoms with Crippen molar-refractivity contribution in [2.75, 3.05) is 0 Å². The molecule has 64 heavy (non-hydrogen) atoms. The molecule has 7 aromatic heterocycles. The fourth-order valence-corrected chi connectivity index (χ4v) is 11.7. The molecule has 7 heterocycles. The molecule has 0 saturated carbocycles. The van der Waals surface area contributed by atoms with Crippen LogP contribution in [0.5, 0.6) is 0 Å². The summed E-state index contributed by atoms with van der Waals surface area (Å²) in [7, 11) is 0. The van der Waals surface area contributed by atoms with Gasteiger partial charge in [-0.3, -0.25) is 13.7 Å². The fourth-order valence-electron chi connectivity index (χ4n) is 10.5. The van der Waals surface area contributed by atoms with E-state index in [4.69, 9.17) is 15.0 Å². The second kappa shape index (κ2) is 13.7. The average Bonchev–Trinajstić information content (AvgIpc) is 4.10. The summed E-state index contributed by atoms with van der Waals surface area (Å²) in [4.78, 5) is 15.2. The molecule has 300 valence electrons. The van der Waals surface area contributed by atoms with Crippen molar-refractivity contribution in [3.63, 3.8) is 0 Å². The number of para-hydroxylation sites is 2. The lowest BCUT2D eigenvalue weighted by Crippen LogP contribution is -2.05. The van der Waals surface area contributed by atoms with E-state index in [1.165, 1.54) is 47.6 Å². The lowest BCUT2D eigenvalue weighted by atomic mass is 9.89. The molecule has 0 N–H and O–H groups in total. The Morgan fingerprint density at radius 2 is 1.11 bits per heavy atom. The Hall–Kier alpha value is -8.13. The summed E-state index contributed by atoms with van der Waals surface area (Å²) in [5.74, 6) is 0.181. The number of pyridine rings is 3. The SMILES string of the molecule is C1=CC(n2c3ccc(-n4c5ccccc5c5cccnc54)cc3c3cc(-n4c5ccccc5c5cccnc54)cnc32)=CC(c2cccc(-c3cccc4c3sc3ccccc34)c2)C1. The van der Waals surface area contributed by atoms with Gasteiger partial charge in [0.1, 0.15) is 16.9 Å². The first-order valence-electron chi connectivity index (χ1n) is 21.8. The van der Waals surface area contributed by atoms with Gasteiger partial charge in [-0.2, -0.15) is 0 Å². The quantitative estimate of drug-likeness (QED) is 0.173. The Bertz CT molecular complexity index is 3860. The largest absolute Gasteiger partial charge is 0.294 e. The van der Waals surface area contributed by atoms with E-state index < -0.39 is 0 Å². The minimum Gasteiger partial charge on any atom is -0.294 e. The van der Waals surface area contributed by atoms with Gasteiger partial charge in [0.2, 0.25) is 0 Å². The predicted molar refractivity (Wildman–Crippen MR) is 267 cm³/mol. The molecule has 0 bridgehead atoms. The van der Waals surface area contributed by atoms with Gasteiger partial charge in [-0.1, -0.05) is 109 Å². The monoisotopic (exact) mass is 836 g/mol. The highest BCUT2D eigenvalue weighted by molar-refractivity contribution is 7.26. The molecule has 0 amide bonds. The van der Waals surface area contributed by atoms with Crippen molar-refractivity contribution in [3.8, 4) is 22.5 Å². The normalized spacial score (nSPS) is 14.4. The summed E-state index contributed by atoms with van der Waals surface area (Å²) in [6.07, 6.45) is 13.7. The predicted octanol–water partition coefficient (Wildman–Crippen LogP) is 14.8. The molecular formula is C57H36N6S. The van der Waals surface area contributed by atoms with Crippen LogP contribution in [0.1, 0.15) is 17.9 Å². The van der Waals surface area contributed by atoms with Crippen LogP contribution in [0.15, 0.2) is 201 Å². The highest BCUT2D eigenvalue weighted by Gasteiger charge is 2.23. The molecular weight excluding hydrogens is 801 g/mol. The molecule has 1 unspecified atom stereocenters. The van der Waals surface area contributed by atoms with E-state index in [9.17, 15) is 0 Å². The Kier molecular flexibility index (Phi) is 7.58. The standard InChI is InChI=1S/C57H36N6S/c1-4-23-50-42(16-1)46-21-10-28-58-55(46)62(50)39-26-27-52-48(32-39)49-33-40(63-51-24-5-2-17-43(51)47-22-11-29-59-56(47)63)34-60-57(49)61(52)38-15-8-13-36(31-38)35-12-7-14-37(30-35)41-19-9-20-45-44-18-3-6-25-53(44)64-54(41)45/h1-12,14-34,36H,13H2. The van der Waals surface area contributed by atoms with Gasteiger partial charge in [-0.25, -0.2) is 15.0 Å². The molecule has 14 rings (SSSR count). The molecule has 0 spiro atoms. The van der Waals surface area contributed by atoms with Crippen LogP contribution in [-0.2, 0) is 0 Å². The van der Waals surface area contributed by atoms with Gasteiger partial charge in [0, 0.05) is 82.2 Å². The maximum Gasteiger partial charge on any atom is 0.145 e. The maximum absolute atomic E-state index is 5.38. The number of fused-ring (bicyclic) bond motifs is 12. The summed E-state index contributed by atoms with van der Waals surface area (Å²) in [6.45, 7) is 0. The molecule has 1 aliphatic carbocycles. The molecule has 6 nitrogen and oxygen atoms in total. The van der Waals surface area contributed by atoms with Crippen molar-refractivity contribution >= 4 is 103 Å². The van der Waals surface area contributed by atoms with Gasteiger partial charge in [-0.05, 0) is 95.9 Å². The van der Waals surface area contributed by atoms with Crippen LogP contribution in [0.25, 0.3) is 114 Å². The number of nitrogens with zero attached hydrogens (tertiary/aromatic N) is 6. The summed E-state index contributed by atoms with van der Waals surface area (Å²) in [6, 6.07) is 59.3. The fraction of sp³-hybridized carbons (Fsp3) is 0.0351. The number of thiophene rings is 1. The van der Waals surface area contributed by atoms with Crippen molar-refractivity contribution in [3.05, 3.63) is 206 Å². The highest BCUT2D eigenvalue weighted by Crippen LogP contribution is 2.43. The molecule has 6 aromatic carbocycles. The molecule has 0 radical (unpaired) electrons. The molecule has 1 atom stereocenters. The third-order valence-corrected chi connectivity index (χ3v) is 14.5. The third kappa shape index (κ3) is 5.16. The van der Waals surface area contributed by atoms with Crippen LogP contribution in [0, 0.1) is 0 Å². The van der Waals surface area contributed by atoms with Crippen LogP contribution in [0.2, 0.25) is 0 Å². The zero-order valence-electron chi connectivity index (χ0n) is 34.4. The number of aromatic nitrogens is 6. The van der Waals surface area contributed by atoms with E-state index in [2.05, 4.69) is 184 Å². The van der Waals surface area contributed by atoms with E-state index >= 15 is 0 Å². The lowest BCUT2D eigenvalue weighted by Gasteiger charge is -2.20. The van der Waals surface area contributed by atoms with E-state index in [0.717, 1.165) is 78.5 Å². The Morgan fingerprint density at radius 3 is 1.91 bits per heavy atom. The van der Waals surface area contributed by atoms with Crippen molar-refractivity contribution in [2.45, 2.75) is 12.3 Å². The summed E-state index contributed by atoms with van der Waals surface area (Å²) < 4.78 is 9.57. The first kappa shape index (κ1) is 35.5. The third-order valence-electron chi connectivity index (χ3n) is 13.3. The zero-order valence-corrected chi connectivity index (χ0v) is 35.2. The van der Waals surface area contributed by atoms with Crippen LogP contribution in [0.3, 0.4) is 0 Å². The topological polar surface area (TPSA) is 53.5 Å². The molecule has 0 aliphatic heterocycles. The Balaban J connectivity index is 0.965. The number of benzene rings is 6. The highest BCUT2D eigenvalue weighted by atomic mass is 32.1. The average molecular weight is 837 g/mol. The van der Waals surface area contributed by atoms with Crippen LogP contribution < -0.4 is 0 Å². The van der Waals surface area contributed by atoms with E-state index in [0.29, 0.717) is 0 Å². The van der Waals surface area contributed by atoms with Gasteiger partial charge >= 0.3 is 0 Å². The second-order valence-corrected chi connectivity index (χ2v) is 17.9. The molecule has 0 saturated heterocycles. The van der Waals surface area contributed by atoms with E-state index in [1.54, 1.807) is 0 Å². The summed E-state index contributed by atoms with van der Waals surface area (Å²) in [5, 5.41) is 9.44. The Labute approximate surface area is 370 Å². The first-order valence-corrected chi connectivity index (χ1v) is 22.6. The molecule has 0 fully saturated rings. The van der Waals surface area contributed by atoms with Crippen molar-refractivity contribution < 1.29 is 0 Å². The molecule has 7 heteroatoms. The minimum atomic E-state index is 0.181. The second-order valence-electron chi connectivity index (χ2n) is 16.8. The van der Waals surface area contributed by atoms with E-state index in [1.807, 2.05) is 42.1 Å². The van der Waals surface area contributed by atoms with Crippen LogP contribution in [0.4, 0.5) is 0 Å². The van der Waals surface area contributed by atoms with Crippen molar-refractivity contribution in [2.24, 2.45) is 0 Å². The first-order chi connectivity index (χ1) is 31.7.